The zero-order valence-electron chi connectivity index (χ0n) is 24.8. The second-order valence-electron chi connectivity index (χ2n) is 11.1. The van der Waals surface area contributed by atoms with E-state index >= 15 is 0 Å². The van der Waals surface area contributed by atoms with E-state index in [1.807, 2.05) is 40.0 Å². The van der Waals surface area contributed by atoms with Crippen LogP contribution in [0.4, 0.5) is 5.69 Å². The number of hydrogen-bond donors (Lipinski definition) is 3. The maximum absolute atomic E-state index is 13.6. The third-order valence-corrected chi connectivity index (χ3v) is 8.38. The number of carbonyl (C=O) groups excluding carboxylic acids is 1. The van der Waals surface area contributed by atoms with Gasteiger partial charge < -0.3 is 25.3 Å². The van der Waals surface area contributed by atoms with Gasteiger partial charge in [-0.1, -0.05) is 11.8 Å². The predicted molar refractivity (Wildman–Crippen MR) is 161 cm³/mol. The van der Waals surface area contributed by atoms with Gasteiger partial charge in [-0.2, -0.15) is 0 Å². The molecule has 0 radical (unpaired) electrons. The second kappa shape index (κ2) is 14.0. The fourth-order valence-electron chi connectivity index (χ4n) is 5.98. The molecule has 40 heavy (non-hydrogen) atoms. The molecule has 2 fully saturated rings. The number of aryl methyl sites for hydroxylation is 2. The molecule has 1 amide bonds. The van der Waals surface area contributed by atoms with Crippen LogP contribution in [0, 0.1) is 32.6 Å². The zero-order chi connectivity index (χ0) is 28.6. The van der Waals surface area contributed by atoms with Crippen LogP contribution in [0.5, 0.6) is 0 Å². The Morgan fingerprint density at radius 1 is 1.12 bits per heavy atom. The maximum atomic E-state index is 13.6. The number of benzene rings is 1. The van der Waals surface area contributed by atoms with Crippen LogP contribution >= 0.6 is 0 Å². The summed E-state index contributed by atoms with van der Waals surface area (Å²) in [5.74, 6) is 6.49. The Morgan fingerprint density at radius 2 is 1.85 bits per heavy atom. The second-order valence-corrected chi connectivity index (χ2v) is 11.1. The van der Waals surface area contributed by atoms with Gasteiger partial charge in [-0.05, 0) is 89.8 Å². The van der Waals surface area contributed by atoms with E-state index in [4.69, 9.17) is 4.74 Å². The molecule has 1 saturated heterocycles. The molecule has 2 heterocycles. The SMILES string of the molecule is CCN(c1cc(C#CCN2CCOCC2)cc(C(=O)NCc2c(C)cc(C)[nH]c2=O)c1C)C1CCC(NC)CC1. The first-order chi connectivity index (χ1) is 19.3. The summed E-state index contributed by atoms with van der Waals surface area (Å²) >= 11 is 0. The van der Waals surface area contributed by atoms with Gasteiger partial charge in [0.05, 0.1) is 19.8 Å². The van der Waals surface area contributed by atoms with Gasteiger partial charge in [0.25, 0.3) is 11.5 Å². The predicted octanol–water partition coefficient (Wildman–Crippen LogP) is 3.27. The van der Waals surface area contributed by atoms with Crippen LogP contribution in [0.3, 0.4) is 0 Å². The summed E-state index contributed by atoms with van der Waals surface area (Å²) < 4.78 is 5.46. The number of H-pyrrole nitrogens is 1. The van der Waals surface area contributed by atoms with Crippen molar-refractivity contribution in [3.63, 3.8) is 0 Å². The number of rotatable bonds is 8. The van der Waals surface area contributed by atoms with E-state index in [-0.39, 0.29) is 18.0 Å². The van der Waals surface area contributed by atoms with Gasteiger partial charge in [0.1, 0.15) is 0 Å². The third-order valence-electron chi connectivity index (χ3n) is 8.38. The van der Waals surface area contributed by atoms with Crippen LogP contribution in [-0.2, 0) is 11.3 Å². The van der Waals surface area contributed by atoms with Gasteiger partial charge in [0, 0.05) is 66.3 Å². The summed E-state index contributed by atoms with van der Waals surface area (Å²) in [4.78, 5) is 33.7. The number of aromatic nitrogens is 1. The zero-order valence-corrected chi connectivity index (χ0v) is 24.8. The number of aromatic amines is 1. The molecule has 8 heteroatoms. The quantitative estimate of drug-likeness (QED) is 0.440. The highest BCUT2D eigenvalue weighted by Gasteiger charge is 2.27. The number of hydrogen-bond acceptors (Lipinski definition) is 6. The van der Waals surface area contributed by atoms with Crippen molar-refractivity contribution in [2.75, 3.05) is 51.3 Å². The molecule has 2 aromatic rings. The minimum Gasteiger partial charge on any atom is -0.379 e. The molecular formula is C32H45N5O3. The summed E-state index contributed by atoms with van der Waals surface area (Å²) in [5, 5.41) is 6.44. The van der Waals surface area contributed by atoms with Crippen molar-refractivity contribution in [3.8, 4) is 11.8 Å². The van der Waals surface area contributed by atoms with E-state index in [9.17, 15) is 9.59 Å². The molecule has 216 valence electrons. The monoisotopic (exact) mass is 547 g/mol. The van der Waals surface area contributed by atoms with E-state index in [1.165, 1.54) is 0 Å². The smallest absolute Gasteiger partial charge is 0.253 e. The number of nitrogens with zero attached hydrogens (tertiary/aromatic N) is 2. The summed E-state index contributed by atoms with van der Waals surface area (Å²) in [6.07, 6.45) is 4.52. The Hall–Kier alpha value is -3.12. The molecule has 1 aliphatic heterocycles. The summed E-state index contributed by atoms with van der Waals surface area (Å²) in [6.45, 7) is 12.9. The van der Waals surface area contributed by atoms with E-state index in [2.05, 4.69) is 50.2 Å². The van der Waals surface area contributed by atoms with Crippen molar-refractivity contribution < 1.29 is 9.53 Å². The lowest BCUT2D eigenvalue weighted by molar-refractivity contribution is 0.0443. The summed E-state index contributed by atoms with van der Waals surface area (Å²) in [5.41, 5.74) is 5.57. The Balaban J connectivity index is 1.62. The lowest BCUT2D eigenvalue weighted by atomic mass is 9.89. The van der Waals surface area contributed by atoms with Gasteiger partial charge in [-0.3, -0.25) is 14.5 Å². The van der Waals surface area contributed by atoms with Crippen molar-refractivity contribution in [2.24, 2.45) is 0 Å². The molecule has 2 aliphatic rings. The highest BCUT2D eigenvalue weighted by atomic mass is 16.5. The summed E-state index contributed by atoms with van der Waals surface area (Å²) in [6, 6.07) is 6.98. The molecular weight excluding hydrogens is 502 g/mol. The van der Waals surface area contributed by atoms with Crippen LogP contribution in [-0.4, -0.2) is 74.3 Å². The number of amides is 1. The Labute approximate surface area is 238 Å². The number of carbonyl (C=O) groups is 1. The Kier molecular flexibility index (Phi) is 10.4. The maximum Gasteiger partial charge on any atom is 0.253 e. The average molecular weight is 548 g/mol. The van der Waals surface area contributed by atoms with Gasteiger partial charge in [0.2, 0.25) is 0 Å². The Bertz CT molecular complexity index is 1290. The van der Waals surface area contributed by atoms with Crippen molar-refractivity contribution in [2.45, 2.75) is 72.0 Å². The molecule has 1 aliphatic carbocycles. The molecule has 1 aromatic carbocycles. The highest BCUT2D eigenvalue weighted by Crippen LogP contribution is 2.32. The highest BCUT2D eigenvalue weighted by molar-refractivity contribution is 5.97. The minimum atomic E-state index is -0.190. The van der Waals surface area contributed by atoms with Crippen LogP contribution < -0.4 is 21.1 Å². The number of nitrogens with one attached hydrogen (secondary N) is 3. The number of pyridine rings is 1. The van der Waals surface area contributed by atoms with E-state index in [0.717, 1.165) is 86.6 Å². The fourth-order valence-corrected chi connectivity index (χ4v) is 5.98. The molecule has 0 unspecified atom stereocenters. The summed E-state index contributed by atoms with van der Waals surface area (Å²) in [7, 11) is 2.04. The number of ether oxygens (including phenoxy) is 1. The molecule has 4 rings (SSSR count). The first-order valence-corrected chi connectivity index (χ1v) is 14.7. The van der Waals surface area contributed by atoms with Crippen LogP contribution in [0.2, 0.25) is 0 Å². The lowest BCUT2D eigenvalue weighted by Crippen LogP contribution is -2.42. The fraction of sp³-hybridized carbons (Fsp3) is 0.562. The lowest BCUT2D eigenvalue weighted by Gasteiger charge is -2.39. The molecule has 0 spiro atoms. The minimum absolute atomic E-state index is 0.160. The molecule has 3 N–H and O–H groups in total. The van der Waals surface area contributed by atoms with Gasteiger partial charge in [-0.15, -0.1) is 0 Å². The Morgan fingerprint density at radius 3 is 2.50 bits per heavy atom. The molecule has 1 aromatic heterocycles. The third kappa shape index (κ3) is 7.34. The normalized spacial score (nSPS) is 19.5. The standard InChI is InChI=1S/C32H45N5O3/c1-6-37(27-11-9-26(33-5)10-12-27)30-20-25(8-7-13-36-14-16-40-17-15-36)19-28(24(30)4)31(38)34-21-29-22(2)18-23(3)35-32(29)39/h18-20,26-27,33H,6,9-17,21H2,1-5H3,(H,34,38)(H,35,39). The van der Waals surface area contributed by atoms with Crippen molar-refractivity contribution in [1.82, 2.24) is 20.5 Å². The van der Waals surface area contributed by atoms with Gasteiger partial charge in [-0.25, -0.2) is 0 Å². The number of anilines is 1. The van der Waals surface area contributed by atoms with E-state index in [1.54, 1.807) is 0 Å². The van der Waals surface area contributed by atoms with Gasteiger partial charge in [0.15, 0.2) is 0 Å². The van der Waals surface area contributed by atoms with Crippen molar-refractivity contribution >= 4 is 11.6 Å². The van der Waals surface area contributed by atoms with E-state index in [0.29, 0.717) is 29.8 Å². The number of morpholine rings is 1. The molecule has 1 saturated carbocycles. The molecule has 0 bridgehead atoms. The van der Waals surface area contributed by atoms with Crippen molar-refractivity contribution in [1.29, 1.82) is 0 Å². The van der Waals surface area contributed by atoms with Crippen LogP contribution in [0.25, 0.3) is 0 Å². The average Bonchev–Trinajstić information content (AvgIpc) is 2.95. The molecule has 0 atom stereocenters. The first kappa shape index (κ1) is 29.9. The largest absolute Gasteiger partial charge is 0.379 e. The van der Waals surface area contributed by atoms with Crippen molar-refractivity contribution in [3.05, 3.63) is 62.1 Å². The van der Waals surface area contributed by atoms with Crippen LogP contribution in [0.15, 0.2) is 23.0 Å². The topological polar surface area (TPSA) is 89.7 Å². The van der Waals surface area contributed by atoms with Crippen LogP contribution in [0.1, 0.15) is 70.9 Å². The van der Waals surface area contributed by atoms with Gasteiger partial charge >= 0.3 is 0 Å². The molecule has 8 nitrogen and oxygen atoms in total. The first-order valence-electron chi connectivity index (χ1n) is 14.7. The van der Waals surface area contributed by atoms with E-state index < -0.39 is 0 Å².